The summed E-state index contributed by atoms with van der Waals surface area (Å²) >= 11 is 0. The number of piperidine rings is 1. The van der Waals surface area contributed by atoms with Crippen molar-refractivity contribution >= 4 is 22.7 Å². The molecule has 268 valence electrons. The monoisotopic (exact) mass is 686 g/mol. The number of likely N-dealkylation sites (tertiary alicyclic amines) is 1. The second-order valence-electron chi connectivity index (χ2n) is 12.6. The van der Waals surface area contributed by atoms with E-state index in [4.69, 9.17) is 28.7 Å². The van der Waals surface area contributed by atoms with Crippen molar-refractivity contribution in [2.45, 2.75) is 38.6 Å². The lowest BCUT2D eigenvalue weighted by Crippen LogP contribution is -2.39. The van der Waals surface area contributed by atoms with Gasteiger partial charge in [0.25, 0.3) is 5.91 Å². The fraction of sp³-hybridized carbons (Fsp3) is 0.462. The lowest BCUT2D eigenvalue weighted by molar-refractivity contribution is 0.0778. The normalized spacial score (nSPS) is 14.4. The number of nitrogens with zero attached hydrogens (tertiary/aromatic N) is 4. The number of hydrogen-bond acceptors (Lipinski definition) is 9. The van der Waals surface area contributed by atoms with Crippen LogP contribution in [0.5, 0.6) is 23.0 Å². The molecular weight excluding hydrogens is 636 g/mol. The molecule has 1 aromatic heterocycles. The van der Waals surface area contributed by atoms with Gasteiger partial charge in [0.2, 0.25) is 11.5 Å². The van der Waals surface area contributed by atoms with E-state index in [0.29, 0.717) is 54.9 Å². The van der Waals surface area contributed by atoms with E-state index in [1.807, 2.05) is 54.9 Å². The first-order valence-electron chi connectivity index (χ1n) is 17.3. The van der Waals surface area contributed by atoms with Gasteiger partial charge in [0.15, 0.2) is 17.3 Å². The van der Waals surface area contributed by atoms with Crippen molar-refractivity contribution in [2.75, 3.05) is 74.9 Å². The van der Waals surface area contributed by atoms with Crippen LogP contribution >= 0.6 is 0 Å². The van der Waals surface area contributed by atoms with Gasteiger partial charge >= 0.3 is 0 Å². The quantitative estimate of drug-likeness (QED) is 0.0985. The number of carbonyl (C=O) groups excluding carboxylic acids is 2. The van der Waals surface area contributed by atoms with E-state index < -0.39 is 0 Å². The Morgan fingerprint density at radius 3 is 2.20 bits per heavy atom. The van der Waals surface area contributed by atoms with E-state index in [9.17, 15) is 9.59 Å². The van der Waals surface area contributed by atoms with Crippen LogP contribution < -0.4 is 18.9 Å². The van der Waals surface area contributed by atoms with E-state index in [-0.39, 0.29) is 23.5 Å². The number of likely N-dealkylation sites (N-methyl/N-ethyl adjacent to an activating group) is 1. The minimum Gasteiger partial charge on any atom is -0.497 e. The van der Waals surface area contributed by atoms with Gasteiger partial charge < -0.3 is 38.1 Å². The number of carbonyl (C=O) groups is 2. The molecule has 1 amide bonds. The molecule has 0 aliphatic carbocycles. The van der Waals surface area contributed by atoms with E-state index in [0.717, 1.165) is 61.2 Å². The molecule has 0 radical (unpaired) electrons. The predicted octanol–water partition coefficient (Wildman–Crippen LogP) is 5.95. The topological polar surface area (TPSA) is 105 Å². The summed E-state index contributed by atoms with van der Waals surface area (Å²) in [6.07, 6.45) is 2.39. The smallest absolute Gasteiger partial charge is 0.253 e. The van der Waals surface area contributed by atoms with Gasteiger partial charge in [-0.3, -0.25) is 9.59 Å². The molecule has 1 unspecified atom stereocenters. The van der Waals surface area contributed by atoms with Crippen molar-refractivity contribution in [2.24, 2.45) is 5.92 Å². The van der Waals surface area contributed by atoms with Gasteiger partial charge in [-0.2, -0.15) is 0 Å². The number of benzene rings is 3. The molecule has 0 spiro atoms. The Balaban J connectivity index is 1.25. The third-order valence-corrected chi connectivity index (χ3v) is 9.63. The highest BCUT2D eigenvalue weighted by Crippen LogP contribution is 2.38. The molecular formula is C39H50N4O7. The summed E-state index contributed by atoms with van der Waals surface area (Å²) in [7, 11) is 8.08. The summed E-state index contributed by atoms with van der Waals surface area (Å²) in [6.45, 7) is 6.74. The maximum absolute atomic E-state index is 13.8. The summed E-state index contributed by atoms with van der Waals surface area (Å²) in [5.41, 5.74) is 3.38. The van der Waals surface area contributed by atoms with Crippen molar-refractivity contribution in [1.29, 1.82) is 0 Å². The van der Waals surface area contributed by atoms with Crippen molar-refractivity contribution in [3.63, 3.8) is 0 Å². The Labute approximate surface area is 295 Å². The standard InChI is InChI=1S/C39H50N4O7/c1-7-50-23-22-43-33-11-9-8-10-32(33)40-38(43)36(44)28-16-19-42(20-17-28)21-18-29(27-12-14-31(46-3)15-13-27)26-41(2)39(45)30-24-34(47-4)37(49-6)35(25-30)48-5/h8-15,24-25,28-29H,7,16-23,26H2,1-6H3. The Morgan fingerprint density at radius 2 is 1.58 bits per heavy atom. The summed E-state index contributed by atoms with van der Waals surface area (Å²) in [5.74, 6) is 2.58. The van der Waals surface area contributed by atoms with Crippen LogP contribution in [0.4, 0.5) is 0 Å². The Bertz CT molecular complexity index is 1710. The third kappa shape index (κ3) is 8.39. The molecule has 5 rings (SSSR count). The number of aromatic nitrogens is 2. The van der Waals surface area contributed by atoms with Crippen molar-refractivity contribution in [3.8, 4) is 23.0 Å². The highest BCUT2D eigenvalue weighted by molar-refractivity contribution is 5.98. The lowest BCUT2D eigenvalue weighted by atomic mass is 9.90. The van der Waals surface area contributed by atoms with Crippen LogP contribution in [0.1, 0.15) is 58.6 Å². The number of Topliss-reactive ketones (excluding diaryl/α,β-unsaturated/α-hetero) is 1. The minimum absolute atomic E-state index is 0.0708. The van der Waals surface area contributed by atoms with E-state index in [2.05, 4.69) is 17.0 Å². The molecule has 11 nitrogen and oxygen atoms in total. The molecule has 4 aromatic rings. The predicted molar refractivity (Wildman–Crippen MR) is 193 cm³/mol. The van der Waals surface area contributed by atoms with Crippen LogP contribution in [-0.4, -0.2) is 106 Å². The highest BCUT2D eigenvalue weighted by atomic mass is 16.5. The van der Waals surface area contributed by atoms with Crippen LogP contribution in [-0.2, 0) is 11.3 Å². The summed E-state index contributed by atoms with van der Waals surface area (Å²) < 4.78 is 29.5. The van der Waals surface area contributed by atoms with Gasteiger partial charge in [-0.15, -0.1) is 0 Å². The number of rotatable bonds is 17. The Hall–Kier alpha value is -4.61. The number of ether oxygens (including phenoxy) is 5. The molecule has 0 N–H and O–H groups in total. The van der Waals surface area contributed by atoms with Crippen LogP contribution in [0, 0.1) is 5.92 Å². The van der Waals surface area contributed by atoms with Crippen molar-refractivity contribution in [3.05, 3.63) is 77.6 Å². The molecule has 1 aliphatic rings. The van der Waals surface area contributed by atoms with Gasteiger partial charge in [-0.25, -0.2) is 4.98 Å². The van der Waals surface area contributed by atoms with E-state index in [1.165, 1.54) is 21.3 Å². The fourth-order valence-corrected chi connectivity index (χ4v) is 6.81. The van der Waals surface area contributed by atoms with Gasteiger partial charge in [-0.05, 0) is 87.8 Å². The number of ketones is 1. The second-order valence-corrected chi connectivity index (χ2v) is 12.6. The maximum Gasteiger partial charge on any atom is 0.253 e. The molecule has 11 heteroatoms. The molecule has 1 aliphatic heterocycles. The minimum atomic E-state index is -0.144. The number of amides is 1. The summed E-state index contributed by atoms with van der Waals surface area (Å²) in [4.78, 5) is 36.5. The number of imidazole rings is 1. The second kappa shape index (κ2) is 17.4. The maximum atomic E-state index is 13.8. The highest BCUT2D eigenvalue weighted by Gasteiger charge is 2.30. The molecule has 3 aromatic carbocycles. The molecule has 1 atom stereocenters. The third-order valence-electron chi connectivity index (χ3n) is 9.63. The van der Waals surface area contributed by atoms with Crippen LogP contribution in [0.3, 0.4) is 0 Å². The number of methoxy groups -OCH3 is 4. The zero-order valence-corrected chi connectivity index (χ0v) is 30.1. The molecule has 50 heavy (non-hydrogen) atoms. The molecule has 1 fully saturated rings. The van der Waals surface area contributed by atoms with Crippen LogP contribution in [0.25, 0.3) is 11.0 Å². The van der Waals surface area contributed by atoms with Crippen molar-refractivity contribution < 1.29 is 33.3 Å². The molecule has 2 heterocycles. The van der Waals surface area contributed by atoms with E-state index >= 15 is 0 Å². The van der Waals surface area contributed by atoms with Crippen LogP contribution in [0.2, 0.25) is 0 Å². The Morgan fingerprint density at radius 1 is 0.900 bits per heavy atom. The summed E-state index contributed by atoms with van der Waals surface area (Å²) in [5, 5.41) is 0. The van der Waals surface area contributed by atoms with Crippen LogP contribution in [0.15, 0.2) is 60.7 Å². The first-order valence-corrected chi connectivity index (χ1v) is 17.3. The van der Waals surface area contributed by atoms with Gasteiger partial charge in [0, 0.05) is 44.1 Å². The zero-order valence-electron chi connectivity index (χ0n) is 30.1. The number of hydrogen-bond donors (Lipinski definition) is 0. The molecule has 1 saturated heterocycles. The largest absolute Gasteiger partial charge is 0.497 e. The molecule has 0 saturated carbocycles. The average Bonchev–Trinajstić information content (AvgIpc) is 3.53. The van der Waals surface area contributed by atoms with Gasteiger partial charge in [0.1, 0.15) is 5.75 Å². The van der Waals surface area contributed by atoms with Gasteiger partial charge in [0.05, 0.1) is 46.1 Å². The molecule has 0 bridgehead atoms. The summed E-state index contributed by atoms with van der Waals surface area (Å²) in [6, 6.07) is 19.3. The first kappa shape index (κ1) is 36.7. The average molecular weight is 687 g/mol. The van der Waals surface area contributed by atoms with Crippen molar-refractivity contribution in [1.82, 2.24) is 19.4 Å². The lowest BCUT2D eigenvalue weighted by Gasteiger charge is -2.33. The van der Waals surface area contributed by atoms with Gasteiger partial charge in [-0.1, -0.05) is 24.3 Å². The SMILES string of the molecule is CCOCCn1c(C(=O)C2CCN(CCC(CN(C)C(=O)c3cc(OC)c(OC)c(OC)c3)c3ccc(OC)cc3)CC2)nc2ccccc21. The Kier molecular flexibility index (Phi) is 12.7. The zero-order chi connectivity index (χ0) is 35.6. The first-order chi connectivity index (χ1) is 24.3. The fourth-order valence-electron chi connectivity index (χ4n) is 6.81. The number of para-hydroxylation sites is 2. The number of fused-ring (bicyclic) bond motifs is 1. The van der Waals surface area contributed by atoms with E-state index in [1.54, 1.807) is 24.1 Å².